The van der Waals surface area contributed by atoms with Gasteiger partial charge in [-0.1, -0.05) is 7.43 Å². The van der Waals surface area contributed by atoms with E-state index in [0.29, 0.717) is 5.57 Å². The minimum Gasteiger partial charge on any atom is -0.528 e. The molecule has 2 nitrogen and oxygen atoms in total. The molecule has 3 heteroatoms. The van der Waals surface area contributed by atoms with Crippen molar-refractivity contribution >= 4 is 5.78 Å². The number of hydrogen-bond donors (Lipinski definition) is 1. The van der Waals surface area contributed by atoms with E-state index in [1.54, 1.807) is 0 Å². The first-order chi connectivity index (χ1) is 4.33. The summed E-state index contributed by atoms with van der Waals surface area (Å²) in [5.74, 6) is -0.166. The molecule has 1 aliphatic rings. The summed E-state index contributed by atoms with van der Waals surface area (Å²) in [5, 5.41) is 8.38. The third-order valence-electron chi connectivity index (χ3n) is 0.957. The monoisotopic (exact) mass is 324 g/mol. The van der Waals surface area contributed by atoms with E-state index in [-0.39, 0.29) is 33.6 Å². The Morgan fingerprint density at radius 3 is 2.45 bits per heavy atom. The molecule has 1 rings (SSSR count). The standard InChI is InChI=1S/C7H5O2.CH4.Re/c8-5-6-1-3-7(9)4-2-6;;/h1-3,5,8H;1H4;/q-1;;/b6-5-;;. The van der Waals surface area contributed by atoms with Crippen LogP contribution < -0.4 is 0 Å². The first-order valence-corrected chi connectivity index (χ1v) is 2.49. The molecule has 0 bridgehead atoms. The van der Waals surface area contributed by atoms with E-state index in [2.05, 4.69) is 6.08 Å². The van der Waals surface area contributed by atoms with E-state index in [1.165, 1.54) is 18.2 Å². The van der Waals surface area contributed by atoms with Gasteiger partial charge in [-0.2, -0.15) is 12.2 Å². The van der Waals surface area contributed by atoms with Gasteiger partial charge in [-0.3, -0.25) is 0 Å². The molecule has 0 aliphatic heterocycles. The molecular formula is C8H9O2Re-. The van der Waals surface area contributed by atoms with E-state index in [1.807, 2.05) is 0 Å². The largest absolute Gasteiger partial charge is 0.528 e. The fourth-order valence-corrected chi connectivity index (χ4v) is 0.503. The van der Waals surface area contributed by atoms with E-state index < -0.39 is 0 Å². The number of carbonyl (C=O) groups excluding carboxylic acids is 1. The summed E-state index contributed by atoms with van der Waals surface area (Å²) < 4.78 is 0. The number of aliphatic hydroxyl groups excluding tert-OH is 1. The summed E-state index contributed by atoms with van der Waals surface area (Å²) >= 11 is 0. The Labute approximate surface area is 80.0 Å². The number of hydrogen-bond acceptors (Lipinski definition) is 2. The normalized spacial score (nSPS) is 17.5. The Balaban J connectivity index is 0. The zero-order valence-corrected chi connectivity index (χ0v) is 7.76. The number of allylic oxidation sites excluding steroid dienone is 5. The summed E-state index contributed by atoms with van der Waals surface area (Å²) in [6.45, 7) is 0. The fourth-order valence-electron chi connectivity index (χ4n) is 0.503. The van der Waals surface area contributed by atoms with Crippen LogP contribution in [-0.4, -0.2) is 10.9 Å². The van der Waals surface area contributed by atoms with Crippen molar-refractivity contribution < 1.29 is 30.3 Å². The average Bonchev–Trinajstić information content (AvgIpc) is 1.90. The fraction of sp³-hybridized carbons (Fsp3) is 0.125. The van der Waals surface area contributed by atoms with E-state index >= 15 is 0 Å². The van der Waals surface area contributed by atoms with Gasteiger partial charge < -0.3 is 9.90 Å². The average molecular weight is 323 g/mol. The molecule has 0 aromatic heterocycles. The van der Waals surface area contributed by atoms with Crippen molar-refractivity contribution in [2.24, 2.45) is 0 Å². The summed E-state index contributed by atoms with van der Waals surface area (Å²) in [4.78, 5) is 10.4. The molecule has 0 saturated carbocycles. The Hall–Kier alpha value is -0.648. The Bertz CT molecular complexity index is 196. The van der Waals surface area contributed by atoms with Crippen LogP contribution in [0.4, 0.5) is 0 Å². The molecule has 0 fully saturated rings. The molecule has 1 aliphatic carbocycles. The van der Waals surface area contributed by atoms with Gasteiger partial charge in [-0.15, -0.1) is 17.7 Å². The zero-order chi connectivity index (χ0) is 6.69. The van der Waals surface area contributed by atoms with Gasteiger partial charge >= 0.3 is 0 Å². The second-order valence-corrected chi connectivity index (χ2v) is 1.62. The smallest absolute Gasteiger partial charge is 0.0674 e. The van der Waals surface area contributed by atoms with Crippen LogP contribution in [0.15, 0.2) is 30.1 Å². The van der Waals surface area contributed by atoms with Crippen LogP contribution in [-0.2, 0) is 25.2 Å². The molecule has 0 aromatic carbocycles. The van der Waals surface area contributed by atoms with Gasteiger partial charge in [0.1, 0.15) is 0 Å². The Morgan fingerprint density at radius 2 is 2.09 bits per heavy atom. The minimum atomic E-state index is -0.166. The molecule has 0 spiro atoms. The van der Waals surface area contributed by atoms with Crippen molar-refractivity contribution in [1.29, 1.82) is 0 Å². The van der Waals surface area contributed by atoms with E-state index in [9.17, 15) is 4.79 Å². The third kappa shape index (κ3) is 3.92. The van der Waals surface area contributed by atoms with Crippen LogP contribution in [0.1, 0.15) is 7.43 Å². The van der Waals surface area contributed by atoms with Crippen LogP contribution >= 0.6 is 0 Å². The van der Waals surface area contributed by atoms with Crippen molar-refractivity contribution in [3.8, 4) is 0 Å². The molecule has 0 saturated heterocycles. The van der Waals surface area contributed by atoms with Gasteiger partial charge in [-0.05, 0) is 0 Å². The first-order valence-electron chi connectivity index (χ1n) is 2.49. The van der Waals surface area contributed by atoms with Gasteiger partial charge in [0.2, 0.25) is 0 Å². The van der Waals surface area contributed by atoms with Gasteiger partial charge in [0, 0.05) is 26.7 Å². The molecular weight excluding hydrogens is 314 g/mol. The van der Waals surface area contributed by atoms with Crippen molar-refractivity contribution in [2.75, 3.05) is 0 Å². The summed E-state index contributed by atoms with van der Waals surface area (Å²) in [5.41, 5.74) is 0.592. The maximum absolute atomic E-state index is 10.4. The van der Waals surface area contributed by atoms with Gasteiger partial charge in [0.15, 0.2) is 0 Å². The first kappa shape index (κ1) is 13.0. The summed E-state index contributed by atoms with van der Waals surface area (Å²) in [6.07, 6.45) is 7.64. The molecule has 0 amide bonds. The van der Waals surface area contributed by atoms with Crippen LogP contribution in [0.3, 0.4) is 0 Å². The molecule has 0 aromatic rings. The van der Waals surface area contributed by atoms with Crippen molar-refractivity contribution in [2.45, 2.75) is 7.43 Å². The van der Waals surface area contributed by atoms with Gasteiger partial charge in [0.25, 0.3) is 0 Å². The van der Waals surface area contributed by atoms with Crippen molar-refractivity contribution in [1.82, 2.24) is 0 Å². The van der Waals surface area contributed by atoms with Crippen LogP contribution in [0.2, 0.25) is 0 Å². The minimum absolute atomic E-state index is 0. The van der Waals surface area contributed by atoms with Crippen LogP contribution in [0.25, 0.3) is 0 Å². The quantitative estimate of drug-likeness (QED) is 0.543. The molecule has 0 heterocycles. The second kappa shape index (κ2) is 6.09. The SMILES string of the molecule is C.O=C1[C-]=C/C(=C\O)C=C1.[Re]. The maximum Gasteiger partial charge on any atom is 0.0674 e. The predicted octanol–water partition coefficient (Wildman–Crippen LogP) is 1.56. The van der Waals surface area contributed by atoms with Crippen molar-refractivity contribution in [3.05, 3.63) is 36.1 Å². The molecule has 0 atom stereocenters. The van der Waals surface area contributed by atoms with Gasteiger partial charge in [0.05, 0.1) is 5.78 Å². The molecule has 1 N–H and O–H groups in total. The maximum atomic E-state index is 10.4. The number of rotatable bonds is 0. The predicted molar refractivity (Wildman–Crippen MR) is 39.4 cm³/mol. The number of aliphatic hydroxyl groups is 1. The van der Waals surface area contributed by atoms with Crippen LogP contribution in [0.5, 0.6) is 0 Å². The Morgan fingerprint density at radius 1 is 1.45 bits per heavy atom. The van der Waals surface area contributed by atoms with Crippen molar-refractivity contribution in [3.63, 3.8) is 0 Å². The number of carbonyl (C=O) groups is 1. The Kier molecular flexibility index (Phi) is 7.18. The molecule has 0 unspecified atom stereocenters. The van der Waals surface area contributed by atoms with Crippen LogP contribution in [0, 0.1) is 6.08 Å². The number of ketones is 1. The zero-order valence-electron chi connectivity index (χ0n) is 5.04. The topological polar surface area (TPSA) is 37.3 Å². The van der Waals surface area contributed by atoms with E-state index in [0.717, 1.165) is 6.26 Å². The summed E-state index contributed by atoms with van der Waals surface area (Å²) in [6, 6.07) is 0. The van der Waals surface area contributed by atoms with Gasteiger partial charge in [-0.25, -0.2) is 0 Å². The summed E-state index contributed by atoms with van der Waals surface area (Å²) in [7, 11) is 0. The molecule has 61 valence electrons. The molecule has 11 heavy (non-hydrogen) atoms. The second-order valence-electron chi connectivity index (χ2n) is 1.62. The van der Waals surface area contributed by atoms with E-state index in [4.69, 9.17) is 5.11 Å². The third-order valence-corrected chi connectivity index (χ3v) is 0.957. The molecule has 1 radical (unpaired) electrons.